The highest BCUT2D eigenvalue weighted by atomic mass is 32.1. The summed E-state index contributed by atoms with van der Waals surface area (Å²) in [6.07, 6.45) is 1.46. The van der Waals surface area contributed by atoms with Crippen LogP contribution >= 0.6 is 11.3 Å². The first kappa shape index (κ1) is 24.7. The van der Waals surface area contributed by atoms with E-state index in [4.69, 9.17) is 9.47 Å². The molecule has 0 fully saturated rings. The molecule has 1 aliphatic heterocycles. The summed E-state index contributed by atoms with van der Waals surface area (Å²) in [6.45, 7) is 2.89. The van der Waals surface area contributed by atoms with Crippen LogP contribution in [0.25, 0.3) is 0 Å². The number of halogens is 1. The second-order valence-corrected chi connectivity index (χ2v) is 9.42. The van der Waals surface area contributed by atoms with E-state index in [1.807, 2.05) is 23.3 Å². The number of rotatable bonds is 8. The van der Waals surface area contributed by atoms with Gasteiger partial charge in [-0.15, -0.1) is 11.3 Å². The number of amides is 2. The van der Waals surface area contributed by atoms with Crippen LogP contribution in [-0.4, -0.2) is 55.5 Å². The number of hydrogen-bond acceptors (Lipinski definition) is 5. The van der Waals surface area contributed by atoms with Gasteiger partial charge in [-0.25, -0.2) is 4.39 Å². The lowest BCUT2D eigenvalue weighted by Crippen LogP contribution is -2.47. The second-order valence-electron chi connectivity index (χ2n) is 8.42. The van der Waals surface area contributed by atoms with Crippen molar-refractivity contribution in [1.29, 1.82) is 0 Å². The SMILES string of the molecule is CCCN(CC(=O)N1CCc2sccc2C1c1ccc(F)cc1)C(=O)c1cc(OC)cc(OC)c1. The normalized spacial score (nSPS) is 14.9. The summed E-state index contributed by atoms with van der Waals surface area (Å²) < 4.78 is 24.2. The Morgan fingerprint density at radius 3 is 2.40 bits per heavy atom. The van der Waals surface area contributed by atoms with Crippen molar-refractivity contribution in [3.05, 3.63) is 81.3 Å². The number of thiophene rings is 1. The minimum atomic E-state index is -0.318. The molecule has 1 aromatic heterocycles. The Kier molecular flexibility index (Phi) is 7.70. The molecule has 0 saturated heterocycles. The van der Waals surface area contributed by atoms with E-state index in [1.54, 1.807) is 46.6 Å². The Labute approximate surface area is 208 Å². The summed E-state index contributed by atoms with van der Waals surface area (Å²) >= 11 is 1.67. The molecule has 184 valence electrons. The fourth-order valence-electron chi connectivity index (χ4n) is 4.48. The van der Waals surface area contributed by atoms with Gasteiger partial charge < -0.3 is 19.3 Å². The largest absolute Gasteiger partial charge is 0.497 e. The first-order valence-corrected chi connectivity index (χ1v) is 12.5. The van der Waals surface area contributed by atoms with Gasteiger partial charge in [0.2, 0.25) is 5.91 Å². The highest BCUT2D eigenvalue weighted by molar-refractivity contribution is 7.10. The van der Waals surface area contributed by atoms with E-state index >= 15 is 0 Å². The lowest BCUT2D eigenvalue weighted by molar-refractivity contribution is -0.134. The van der Waals surface area contributed by atoms with Gasteiger partial charge in [-0.05, 0) is 59.7 Å². The quantitative estimate of drug-likeness (QED) is 0.444. The third kappa shape index (κ3) is 5.32. The maximum Gasteiger partial charge on any atom is 0.254 e. The molecule has 0 bridgehead atoms. The van der Waals surface area contributed by atoms with Gasteiger partial charge in [0.05, 0.1) is 20.3 Å². The average Bonchev–Trinajstić information content (AvgIpc) is 3.36. The van der Waals surface area contributed by atoms with Crippen LogP contribution in [0.2, 0.25) is 0 Å². The Balaban J connectivity index is 1.61. The zero-order valence-corrected chi connectivity index (χ0v) is 20.9. The monoisotopic (exact) mass is 496 g/mol. The Morgan fingerprint density at radius 2 is 1.77 bits per heavy atom. The van der Waals surface area contributed by atoms with Gasteiger partial charge in [-0.3, -0.25) is 9.59 Å². The van der Waals surface area contributed by atoms with Crippen LogP contribution in [0.3, 0.4) is 0 Å². The molecule has 0 spiro atoms. The lowest BCUT2D eigenvalue weighted by Gasteiger charge is -2.37. The number of methoxy groups -OCH3 is 2. The van der Waals surface area contributed by atoms with Crippen LogP contribution in [0, 0.1) is 5.82 Å². The fraction of sp³-hybridized carbons (Fsp3) is 0.333. The van der Waals surface area contributed by atoms with E-state index in [2.05, 4.69) is 0 Å². The van der Waals surface area contributed by atoms with Crippen molar-refractivity contribution in [1.82, 2.24) is 9.80 Å². The van der Waals surface area contributed by atoms with Gasteiger partial charge in [0.15, 0.2) is 0 Å². The summed E-state index contributed by atoms with van der Waals surface area (Å²) in [5, 5.41) is 2.03. The Morgan fingerprint density at radius 1 is 1.09 bits per heavy atom. The van der Waals surface area contributed by atoms with E-state index in [1.165, 1.54) is 31.2 Å². The van der Waals surface area contributed by atoms with Gasteiger partial charge in [0.25, 0.3) is 5.91 Å². The van der Waals surface area contributed by atoms with Gasteiger partial charge in [0.1, 0.15) is 23.9 Å². The molecule has 2 amide bonds. The maximum absolute atomic E-state index is 13.7. The molecule has 1 atom stereocenters. The molecule has 0 N–H and O–H groups in total. The van der Waals surface area contributed by atoms with Crippen molar-refractivity contribution in [3.8, 4) is 11.5 Å². The first-order valence-electron chi connectivity index (χ1n) is 11.6. The number of fused-ring (bicyclic) bond motifs is 1. The van der Waals surface area contributed by atoms with Crippen molar-refractivity contribution >= 4 is 23.2 Å². The molecule has 0 radical (unpaired) electrons. The molecule has 0 saturated carbocycles. The van der Waals surface area contributed by atoms with Crippen molar-refractivity contribution in [2.24, 2.45) is 0 Å². The van der Waals surface area contributed by atoms with E-state index in [9.17, 15) is 14.0 Å². The number of ether oxygens (including phenoxy) is 2. The van der Waals surface area contributed by atoms with Crippen LogP contribution in [-0.2, 0) is 11.2 Å². The average molecular weight is 497 g/mol. The molecule has 1 aliphatic rings. The minimum absolute atomic E-state index is 0.0522. The predicted octanol–water partition coefficient (Wildman–Crippen LogP) is 4.93. The highest BCUT2D eigenvalue weighted by Crippen LogP contribution is 2.38. The molecular formula is C27H29FN2O4S. The molecule has 6 nitrogen and oxygen atoms in total. The molecule has 0 aliphatic carbocycles. The number of benzene rings is 2. The summed E-state index contributed by atoms with van der Waals surface area (Å²) in [5.74, 6) is 0.291. The summed E-state index contributed by atoms with van der Waals surface area (Å²) in [6, 6.07) is 13.0. The van der Waals surface area contributed by atoms with E-state index in [0.717, 1.165) is 17.5 Å². The lowest BCUT2D eigenvalue weighted by atomic mass is 9.93. The fourth-order valence-corrected chi connectivity index (χ4v) is 5.38. The van der Waals surface area contributed by atoms with Gasteiger partial charge in [-0.1, -0.05) is 19.1 Å². The summed E-state index contributed by atoms with van der Waals surface area (Å²) in [5.41, 5.74) is 2.31. The molecule has 35 heavy (non-hydrogen) atoms. The zero-order valence-electron chi connectivity index (χ0n) is 20.1. The van der Waals surface area contributed by atoms with E-state index in [-0.39, 0.29) is 30.2 Å². The van der Waals surface area contributed by atoms with Crippen LogP contribution in [0.1, 0.15) is 45.7 Å². The Bertz CT molecular complexity index is 1170. The smallest absolute Gasteiger partial charge is 0.254 e. The summed E-state index contributed by atoms with van der Waals surface area (Å²) in [4.78, 5) is 31.7. The van der Waals surface area contributed by atoms with Crippen LogP contribution in [0.4, 0.5) is 4.39 Å². The molecule has 1 unspecified atom stereocenters. The van der Waals surface area contributed by atoms with E-state index < -0.39 is 0 Å². The van der Waals surface area contributed by atoms with Crippen molar-refractivity contribution < 1.29 is 23.5 Å². The topological polar surface area (TPSA) is 59.1 Å². The first-order chi connectivity index (χ1) is 16.9. The highest BCUT2D eigenvalue weighted by Gasteiger charge is 2.34. The van der Waals surface area contributed by atoms with Gasteiger partial charge >= 0.3 is 0 Å². The standard InChI is InChI=1S/C27H29FN2O4S/c1-4-11-29(27(32)19-14-21(33-2)16-22(15-19)34-3)17-25(31)30-12-9-24-23(10-13-35-24)26(30)18-5-7-20(28)8-6-18/h5-8,10,13-16,26H,4,9,11-12,17H2,1-3H3. The minimum Gasteiger partial charge on any atom is -0.497 e. The molecule has 3 aromatic rings. The molecule has 2 aromatic carbocycles. The van der Waals surface area contributed by atoms with Crippen molar-refractivity contribution in [2.45, 2.75) is 25.8 Å². The molecule has 2 heterocycles. The van der Waals surface area contributed by atoms with Crippen LogP contribution in [0.15, 0.2) is 53.9 Å². The zero-order chi connectivity index (χ0) is 24.9. The predicted molar refractivity (Wildman–Crippen MR) is 134 cm³/mol. The third-order valence-electron chi connectivity index (χ3n) is 6.18. The summed E-state index contributed by atoms with van der Waals surface area (Å²) in [7, 11) is 3.06. The van der Waals surface area contributed by atoms with Gasteiger partial charge in [-0.2, -0.15) is 0 Å². The van der Waals surface area contributed by atoms with E-state index in [0.29, 0.717) is 36.6 Å². The molecular weight excluding hydrogens is 467 g/mol. The Hall–Kier alpha value is -3.39. The van der Waals surface area contributed by atoms with Gasteiger partial charge in [0, 0.05) is 29.6 Å². The maximum atomic E-state index is 13.7. The van der Waals surface area contributed by atoms with Crippen molar-refractivity contribution in [3.63, 3.8) is 0 Å². The third-order valence-corrected chi connectivity index (χ3v) is 7.17. The van der Waals surface area contributed by atoms with Crippen LogP contribution < -0.4 is 9.47 Å². The number of hydrogen-bond donors (Lipinski definition) is 0. The molecule has 8 heteroatoms. The number of nitrogens with zero attached hydrogens (tertiary/aromatic N) is 2. The van der Waals surface area contributed by atoms with Crippen molar-refractivity contribution in [2.75, 3.05) is 33.9 Å². The second kappa shape index (κ2) is 10.9. The molecule has 4 rings (SSSR count). The number of carbonyl (C=O) groups is 2. The number of carbonyl (C=O) groups excluding carboxylic acids is 2. The van der Waals surface area contributed by atoms with Crippen LogP contribution in [0.5, 0.6) is 11.5 Å².